The molecule has 0 N–H and O–H groups in total. The third-order valence-electron chi connectivity index (χ3n) is 4.66. The van der Waals surface area contributed by atoms with Crippen molar-refractivity contribution >= 4 is 23.6 Å². The summed E-state index contributed by atoms with van der Waals surface area (Å²) < 4.78 is 10.7. The topological polar surface area (TPSA) is 72.6 Å². The van der Waals surface area contributed by atoms with Gasteiger partial charge in [-0.2, -0.15) is 0 Å². The van der Waals surface area contributed by atoms with Crippen LogP contribution in [0.15, 0.2) is 33.7 Å². The summed E-state index contributed by atoms with van der Waals surface area (Å²) in [4.78, 5) is 28.1. The van der Waals surface area contributed by atoms with Gasteiger partial charge in [-0.15, -0.1) is 11.8 Å². The summed E-state index contributed by atoms with van der Waals surface area (Å²) in [6.45, 7) is 13.2. The van der Waals surface area contributed by atoms with E-state index < -0.39 is 12.1 Å². The number of aryl methyl sites for hydroxylation is 2. The Labute approximate surface area is 177 Å². The van der Waals surface area contributed by atoms with Gasteiger partial charge in [0, 0.05) is 28.3 Å². The number of ether oxygens (including phenoxy) is 1. The lowest BCUT2D eigenvalue weighted by atomic mass is 10.2. The van der Waals surface area contributed by atoms with E-state index in [4.69, 9.17) is 9.26 Å². The van der Waals surface area contributed by atoms with Crippen molar-refractivity contribution in [1.29, 1.82) is 0 Å². The Hall–Kier alpha value is -2.28. The Morgan fingerprint density at radius 2 is 1.72 bits per heavy atom. The quantitative estimate of drug-likeness (QED) is 0.454. The zero-order valence-corrected chi connectivity index (χ0v) is 19.0. The molecule has 0 aliphatic rings. The van der Waals surface area contributed by atoms with Crippen LogP contribution in [0.25, 0.3) is 0 Å². The fraction of sp³-hybridized carbons (Fsp3) is 0.500. The molecule has 2 aromatic rings. The summed E-state index contributed by atoms with van der Waals surface area (Å²) >= 11 is 1.52. The molecule has 0 saturated heterocycles. The van der Waals surface area contributed by atoms with Gasteiger partial charge in [0.1, 0.15) is 5.76 Å². The van der Waals surface area contributed by atoms with Crippen molar-refractivity contribution < 1.29 is 18.8 Å². The molecule has 1 aromatic carbocycles. The highest BCUT2D eigenvalue weighted by Crippen LogP contribution is 2.29. The zero-order valence-electron chi connectivity index (χ0n) is 18.2. The molecule has 7 heteroatoms. The largest absolute Gasteiger partial charge is 0.449 e. The van der Waals surface area contributed by atoms with Crippen LogP contribution in [0.5, 0.6) is 0 Å². The molecule has 1 atom stereocenters. The molecule has 158 valence electrons. The molecule has 1 heterocycles. The Balaban J connectivity index is 2.12. The number of rotatable bonds is 8. The van der Waals surface area contributed by atoms with E-state index in [9.17, 15) is 9.59 Å². The van der Waals surface area contributed by atoms with Crippen molar-refractivity contribution in [3.8, 4) is 0 Å². The maximum Gasteiger partial charge on any atom is 0.340 e. The summed E-state index contributed by atoms with van der Waals surface area (Å²) in [6.07, 6.45) is -0.854. The van der Waals surface area contributed by atoms with E-state index in [-0.39, 0.29) is 18.0 Å². The van der Waals surface area contributed by atoms with Gasteiger partial charge < -0.3 is 14.2 Å². The Morgan fingerprint density at radius 1 is 1.10 bits per heavy atom. The van der Waals surface area contributed by atoms with Crippen LogP contribution >= 0.6 is 11.8 Å². The van der Waals surface area contributed by atoms with Crippen LogP contribution in [-0.2, 0) is 15.3 Å². The fourth-order valence-corrected chi connectivity index (χ4v) is 4.40. The highest BCUT2D eigenvalue weighted by atomic mass is 32.2. The van der Waals surface area contributed by atoms with Crippen LogP contribution in [-0.4, -0.2) is 40.1 Å². The van der Waals surface area contributed by atoms with Crippen molar-refractivity contribution in [1.82, 2.24) is 10.1 Å². The van der Waals surface area contributed by atoms with Gasteiger partial charge in [-0.1, -0.05) is 17.3 Å². The first-order valence-electron chi connectivity index (χ1n) is 9.80. The summed E-state index contributed by atoms with van der Waals surface area (Å²) in [6, 6.07) is 7.32. The lowest BCUT2D eigenvalue weighted by Gasteiger charge is -2.32. The van der Waals surface area contributed by atoms with Crippen LogP contribution in [0.1, 0.15) is 62.0 Å². The lowest BCUT2D eigenvalue weighted by Crippen LogP contribution is -2.47. The molecule has 0 aliphatic carbocycles. The van der Waals surface area contributed by atoms with Gasteiger partial charge in [0.05, 0.1) is 11.3 Å². The molecule has 0 fully saturated rings. The number of thioether (sulfide) groups is 1. The van der Waals surface area contributed by atoms with E-state index in [0.717, 1.165) is 21.9 Å². The predicted octanol–water partition coefficient (Wildman–Crippen LogP) is 4.77. The maximum atomic E-state index is 12.8. The Kier molecular flexibility index (Phi) is 7.90. The molecule has 1 aromatic heterocycles. The molecule has 0 aliphatic heterocycles. The summed E-state index contributed by atoms with van der Waals surface area (Å²) in [7, 11) is 0. The minimum absolute atomic E-state index is 0.0292. The van der Waals surface area contributed by atoms with Crippen LogP contribution in [0, 0.1) is 13.8 Å². The van der Waals surface area contributed by atoms with Crippen molar-refractivity contribution in [3.63, 3.8) is 0 Å². The second kappa shape index (κ2) is 9.96. The number of amides is 1. The van der Waals surface area contributed by atoms with Gasteiger partial charge in [0.2, 0.25) is 0 Å². The molecule has 1 unspecified atom stereocenters. The SMILES string of the molecule is Cc1noc(C)c1CSc1ccccc1C(=O)OC(C)C(=O)N(C(C)C)C(C)C. The van der Waals surface area contributed by atoms with E-state index in [2.05, 4.69) is 5.16 Å². The van der Waals surface area contributed by atoms with E-state index >= 15 is 0 Å². The second-order valence-electron chi connectivity index (χ2n) is 7.57. The molecule has 29 heavy (non-hydrogen) atoms. The first-order valence-corrected chi connectivity index (χ1v) is 10.8. The second-order valence-corrected chi connectivity index (χ2v) is 8.59. The highest BCUT2D eigenvalue weighted by molar-refractivity contribution is 7.98. The van der Waals surface area contributed by atoms with Crippen molar-refractivity contribution in [2.75, 3.05) is 0 Å². The molecular formula is C22H30N2O4S. The minimum Gasteiger partial charge on any atom is -0.449 e. The summed E-state index contributed by atoms with van der Waals surface area (Å²) in [5, 5.41) is 3.97. The number of carbonyl (C=O) groups excluding carboxylic acids is 2. The molecule has 0 bridgehead atoms. The highest BCUT2D eigenvalue weighted by Gasteiger charge is 2.28. The molecule has 1 amide bonds. The molecule has 2 rings (SSSR count). The number of nitrogens with zero attached hydrogens (tertiary/aromatic N) is 2. The van der Waals surface area contributed by atoms with Crippen molar-refractivity contribution in [3.05, 3.63) is 46.8 Å². The summed E-state index contributed by atoms with van der Waals surface area (Å²) in [5.41, 5.74) is 2.31. The van der Waals surface area contributed by atoms with Gasteiger partial charge in [-0.25, -0.2) is 4.79 Å². The van der Waals surface area contributed by atoms with Crippen LogP contribution in [0.3, 0.4) is 0 Å². The van der Waals surface area contributed by atoms with Gasteiger partial charge in [0.25, 0.3) is 5.91 Å². The predicted molar refractivity (Wildman–Crippen MR) is 114 cm³/mol. The first kappa shape index (κ1) is 23.0. The lowest BCUT2D eigenvalue weighted by molar-refractivity contribution is -0.143. The average Bonchev–Trinajstić information content (AvgIpc) is 2.97. The smallest absolute Gasteiger partial charge is 0.340 e. The number of esters is 1. The van der Waals surface area contributed by atoms with E-state index in [0.29, 0.717) is 11.3 Å². The van der Waals surface area contributed by atoms with Gasteiger partial charge in [-0.3, -0.25) is 4.79 Å². The standard InChI is InChI=1S/C22H30N2O4S/c1-13(2)24(14(3)4)21(25)17(7)27-22(26)18-10-8-9-11-20(18)29-12-19-15(5)23-28-16(19)6/h8-11,13-14,17H,12H2,1-7H3. The van der Waals surface area contributed by atoms with Gasteiger partial charge in [-0.05, 0) is 60.6 Å². The minimum atomic E-state index is -0.854. The normalized spacial score (nSPS) is 12.3. The monoisotopic (exact) mass is 418 g/mol. The third kappa shape index (κ3) is 5.63. The van der Waals surface area contributed by atoms with Crippen LogP contribution in [0.4, 0.5) is 0 Å². The first-order chi connectivity index (χ1) is 13.6. The van der Waals surface area contributed by atoms with Crippen LogP contribution < -0.4 is 0 Å². The number of benzene rings is 1. The zero-order chi connectivity index (χ0) is 21.7. The number of aromatic nitrogens is 1. The average molecular weight is 419 g/mol. The van der Waals surface area contributed by atoms with E-state index in [1.165, 1.54) is 11.8 Å². The number of carbonyl (C=O) groups is 2. The van der Waals surface area contributed by atoms with E-state index in [1.54, 1.807) is 24.0 Å². The molecule has 0 radical (unpaired) electrons. The molecule has 0 spiro atoms. The van der Waals surface area contributed by atoms with Gasteiger partial charge in [0.15, 0.2) is 6.10 Å². The van der Waals surface area contributed by atoms with Crippen molar-refractivity contribution in [2.45, 2.75) is 77.3 Å². The number of hydrogen-bond acceptors (Lipinski definition) is 6. The van der Waals surface area contributed by atoms with Crippen molar-refractivity contribution in [2.24, 2.45) is 0 Å². The van der Waals surface area contributed by atoms with Crippen LogP contribution in [0.2, 0.25) is 0 Å². The third-order valence-corrected chi connectivity index (χ3v) is 5.76. The Morgan fingerprint density at radius 3 is 2.28 bits per heavy atom. The van der Waals surface area contributed by atoms with Gasteiger partial charge >= 0.3 is 5.97 Å². The van der Waals surface area contributed by atoms with E-state index in [1.807, 2.05) is 53.7 Å². The molecular weight excluding hydrogens is 388 g/mol. The maximum absolute atomic E-state index is 12.8. The molecule has 6 nitrogen and oxygen atoms in total. The summed E-state index contributed by atoms with van der Waals surface area (Å²) in [5.74, 6) is 0.718. The fourth-order valence-electron chi connectivity index (χ4n) is 3.21. The molecule has 0 saturated carbocycles. The number of hydrogen-bond donors (Lipinski definition) is 0. The Bertz CT molecular complexity index is 833.